The van der Waals surface area contributed by atoms with E-state index in [0.29, 0.717) is 22.7 Å². The maximum Gasteiger partial charge on any atom is 0.512 e. The highest BCUT2D eigenvalue weighted by molar-refractivity contribution is 5.66. The number of hydrogen-bond acceptors (Lipinski definition) is 4. The third kappa shape index (κ3) is 3.19. The molecule has 1 N–H and O–H groups in total. The van der Waals surface area contributed by atoms with Crippen LogP contribution in [0.15, 0.2) is 54.6 Å². The Balaban J connectivity index is 2.15. The molecule has 0 aliphatic carbocycles. The largest absolute Gasteiger partial charge is 0.512 e. The van der Waals surface area contributed by atoms with E-state index in [-0.39, 0.29) is 5.88 Å². The molecule has 3 aromatic rings. The first kappa shape index (κ1) is 15.5. The molecule has 6 nitrogen and oxygen atoms in total. The first-order valence-electron chi connectivity index (χ1n) is 6.98. The van der Waals surface area contributed by atoms with Crippen molar-refractivity contribution in [2.24, 2.45) is 0 Å². The van der Waals surface area contributed by atoms with Crippen LogP contribution in [-0.2, 0) is 0 Å². The average Bonchev–Trinajstić information content (AvgIpc) is 2.98. The number of hydrogen-bond donors (Lipinski definition) is 1. The second-order valence-electron chi connectivity index (χ2n) is 4.86. The molecule has 0 radical (unpaired) electrons. The lowest BCUT2D eigenvalue weighted by molar-refractivity contribution is 0.142. The number of nitrogens with zero attached hydrogens (tertiary/aromatic N) is 2. The summed E-state index contributed by atoms with van der Waals surface area (Å²) in [5.74, 6) is 0.0880. The first-order valence-corrected chi connectivity index (χ1v) is 6.98. The lowest BCUT2D eigenvalue weighted by Crippen LogP contribution is -2.04. The van der Waals surface area contributed by atoms with Crippen LogP contribution in [0.25, 0.3) is 16.9 Å². The standard InChI is InChI=1S/C17H13FN2O4/c1-23-14-7-3-6-13(9-14)20-15(10-16(19-20)24-17(21)22)11-4-2-5-12(18)8-11/h2-10H,1H3,(H,21,22). The molecule has 0 saturated heterocycles. The summed E-state index contributed by atoms with van der Waals surface area (Å²) in [5.41, 5.74) is 1.64. The summed E-state index contributed by atoms with van der Waals surface area (Å²) in [4.78, 5) is 10.8. The van der Waals surface area contributed by atoms with Gasteiger partial charge in [0.25, 0.3) is 0 Å². The zero-order valence-corrected chi connectivity index (χ0v) is 12.6. The van der Waals surface area contributed by atoms with E-state index in [0.717, 1.165) is 0 Å². The van der Waals surface area contributed by atoms with Crippen LogP contribution in [0.3, 0.4) is 0 Å². The number of ether oxygens (including phenoxy) is 2. The van der Waals surface area contributed by atoms with Gasteiger partial charge in [-0.25, -0.2) is 13.9 Å². The van der Waals surface area contributed by atoms with E-state index in [1.54, 1.807) is 36.4 Å². The number of carboxylic acid groups (broad SMARTS) is 1. The van der Waals surface area contributed by atoms with Gasteiger partial charge in [-0.05, 0) is 24.3 Å². The highest BCUT2D eigenvalue weighted by Crippen LogP contribution is 2.28. The van der Waals surface area contributed by atoms with Crippen LogP contribution in [0, 0.1) is 5.82 Å². The third-order valence-corrected chi connectivity index (χ3v) is 3.30. The Morgan fingerprint density at radius 1 is 1.17 bits per heavy atom. The molecule has 0 fully saturated rings. The van der Waals surface area contributed by atoms with E-state index >= 15 is 0 Å². The van der Waals surface area contributed by atoms with E-state index in [9.17, 15) is 9.18 Å². The Bertz CT molecular complexity index is 892. The zero-order valence-electron chi connectivity index (χ0n) is 12.6. The molecule has 0 bridgehead atoms. The fourth-order valence-corrected chi connectivity index (χ4v) is 2.29. The van der Waals surface area contributed by atoms with Gasteiger partial charge >= 0.3 is 6.16 Å². The van der Waals surface area contributed by atoms with Crippen molar-refractivity contribution in [2.75, 3.05) is 7.11 Å². The van der Waals surface area contributed by atoms with Crippen molar-refractivity contribution in [3.05, 3.63) is 60.4 Å². The molecule has 1 aromatic heterocycles. The Hall–Kier alpha value is -3.35. The zero-order chi connectivity index (χ0) is 17.1. The van der Waals surface area contributed by atoms with E-state index in [4.69, 9.17) is 9.84 Å². The topological polar surface area (TPSA) is 73.6 Å². The van der Waals surface area contributed by atoms with Gasteiger partial charge in [0.1, 0.15) is 11.6 Å². The molecule has 2 aromatic carbocycles. The normalized spacial score (nSPS) is 10.4. The van der Waals surface area contributed by atoms with Gasteiger partial charge in [0.05, 0.1) is 18.5 Å². The van der Waals surface area contributed by atoms with Crippen molar-refractivity contribution in [1.29, 1.82) is 0 Å². The quantitative estimate of drug-likeness (QED) is 0.739. The Labute approximate surface area is 136 Å². The van der Waals surface area contributed by atoms with Crippen molar-refractivity contribution in [3.8, 4) is 28.6 Å². The minimum absolute atomic E-state index is 0.107. The molecule has 3 rings (SSSR count). The number of halogens is 1. The molecule has 0 spiro atoms. The molecule has 122 valence electrons. The van der Waals surface area contributed by atoms with Crippen LogP contribution in [0.2, 0.25) is 0 Å². The second-order valence-corrected chi connectivity index (χ2v) is 4.86. The van der Waals surface area contributed by atoms with Gasteiger partial charge in [-0.3, -0.25) is 0 Å². The third-order valence-electron chi connectivity index (χ3n) is 3.30. The average molecular weight is 328 g/mol. The molecule has 24 heavy (non-hydrogen) atoms. The van der Waals surface area contributed by atoms with E-state index in [1.807, 2.05) is 0 Å². The van der Waals surface area contributed by atoms with Gasteiger partial charge in [0.15, 0.2) is 0 Å². The lowest BCUT2D eigenvalue weighted by Gasteiger charge is -2.09. The second kappa shape index (κ2) is 6.41. The number of carbonyl (C=O) groups is 1. The smallest absolute Gasteiger partial charge is 0.497 e. The van der Waals surface area contributed by atoms with Crippen molar-refractivity contribution in [2.45, 2.75) is 0 Å². The fraction of sp³-hybridized carbons (Fsp3) is 0.0588. The molecule has 0 amide bonds. The van der Waals surface area contributed by atoms with E-state index in [2.05, 4.69) is 9.84 Å². The molecular formula is C17H13FN2O4. The van der Waals surface area contributed by atoms with Crippen molar-refractivity contribution >= 4 is 6.16 Å². The minimum atomic E-state index is -1.48. The highest BCUT2D eigenvalue weighted by Gasteiger charge is 2.15. The van der Waals surface area contributed by atoms with Gasteiger partial charge in [0.2, 0.25) is 5.88 Å². The summed E-state index contributed by atoms with van der Waals surface area (Å²) in [6, 6.07) is 14.4. The predicted octanol–water partition coefficient (Wildman–Crippen LogP) is 3.74. The molecule has 0 unspecified atom stereocenters. The van der Waals surface area contributed by atoms with Crippen LogP contribution >= 0.6 is 0 Å². The highest BCUT2D eigenvalue weighted by atomic mass is 19.1. The van der Waals surface area contributed by atoms with Gasteiger partial charge in [-0.2, -0.15) is 0 Å². The maximum atomic E-state index is 13.5. The van der Waals surface area contributed by atoms with Gasteiger partial charge in [0, 0.05) is 17.7 Å². The van der Waals surface area contributed by atoms with Crippen molar-refractivity contribution in [3.63, 3.8) is 0 Å². The lowest BCUT2D eigenvalue weighted by atomic mass is 10.1. The first-order chi connectivity index (χ1) is 11.6. The van der Waals surface area contributed by atoms with Gasteiger partial charge in [-0.15, -0.1) is 5.10 Å². The number of methoxy groups -OCH3 is 1. The maximum absolute atomic E-state index is 13.5. The van der Waals surface area contributed by atoms with Gasteiger partial charge in [-0.1, -0.05) is 18.2 Å². The summed E-state index contributed by atoms with van der Waals surface area (Å²) < 4.78 is 24.8. The molecular weight excluding hydrogens is 315 g/mol. The summed E-state index contributed by atoms with van der Waals surface area (Å²) in [6.45, 7) is 0. The van der Waals surface area contributed by atoms with E-state index in [1.165, 1.54) is 30.0 Å². The van der Waals surface area contributed by atoms with Crippen LogP contribution in [-0.4, -0.2) is 28.2 Å². The number of aromatic nitrogens is 2. The Morgan fingerprint density at radius 2 is 1.96 bits per heavy atom. The molecule has 0 aliphatic rings. The monoisotopic (exact) mass is 328 g/mol. The summed E-state index contributed by atoms with van der Waals surface area (Å²) in [6.07, 6.45) is -1.48. The number of rotatable bonds is 4. The predicted molar refractivity (Wildman–Crippen MR) is 84.2 cm³/mol. The summed E-state index contributed by atoms with van der Waals surface area (Å²) >= 11 is 0. The molecule has 7 heteroatoms. The van der Waals surface area contributed by atoms with Crippen molar-refractivity contribution in [1.82, 2.24) is 9.78 Å². The fourth-order valence-electron chi connectivity index (χ4n) is 2.29. The Kier molecular flexibility index (Phi) is 4.15. The van der Waals surface area contributed by atoms with Crippen LogP contribution in [0.4, 0.5) is 9.18 Å². The van der Waals surface area contributed by atoms with Crippen LogP contribution in [0.1, 0.15) is 0 Å². The van der Waals surface area contributed by atoms with E-state index < -0.39 is 12.0 Å². The summed E-state index contributed by atoms with van der Waals surface area (Å²) in [7, 11) is 1.54. The van der Waals surface area contributed by atoms with Crippen LogP contribution < -0.4 is 9.47 Å². The Morgan fingerprint density at radius 3 is 2.67 bits per heavy atom. The minimum Gasteiger partial charge on any atom is -0.497 e. The van der Waals surface area contributed by atoms with Crippen LogP contribution in [0.5, 0.6) is 11.6 Å². The number of benzene rings is 2. The SMILES string of the molecule is COc1cccc(-n2nc(OC(=O)O)cc2-c2cccc(F)c2)c1. The van der Waals surface area contributed by atoms with Crippen molar-refractivity contribution < 1.29 is 23.8 Å². The molecule has 0 saturated carbocycles. The van der Waals surface area contributed by atoms with Gasteiger partial charge < -0.3 is 14.6 Å². The summed E-state index contributed by atoms with van der Waals surface area (Å²) in [5, 5.41) is 12.9. The molecule has 1 heterocycles. The molecule has 0 atom stereocenters. The molecule has 0 aliphatic heterocycles.